The molecular weight excluding hydrogens is 338 g/mol. The van der Waals surface area contributed by atoms with Crippen LogP contribution in [-0.2, 0) is 17.8 Å². The van der Waals surface area contributed by atoms with Crippen LogP contribution in [0.25, 0.3) is 0 Å². The third kappa shape index (κ3) is 3.89. The van der Waals surface area contributed by atoms with E-state index in [4.69, 9.17) is 4.74 Å². The van der Waals surface area contributed by atoms with Gasteiger partial charge in [0.1, 0.15) is 5.01 Å². The summed E-state index contributed by atoms with van der Waals surface area (Å²) >= 11 is 3.68. The molecule has 2 aromatic heterocycles. The Kier molecular flexibility index (Phi) is 5.01. The van der Waals surface area contributed by atoms with Crippen LogP contribution in [0.15, 0.2) is 23.7 Å². The van der Waals surface area contributed by atoms with E-state index in [1.807, 2.05) is 17.5 Å². The highest BCUT2D eigenvalue weighted by atomic mass is 32.1. The number of hydrogen-bond donors (Lipinski definition) is 0. The highest BCUT2D eigenvalue weighted by Crippen LogP contribution is 2.35. The minimum absolute atomic E-state index is 0.292. The number of likely N-dealkylation sites (tertiary alicyclic amines) is 1. The lowest BCUT2D eigenvalue weighted by atomic mass is 9.87. The average molecular weight is 364 g/mol. The first kappa shape index (κ1) is 16.7. The predicted molar refractivity (Wildman–Crippen MR) is 99.6 cm³/mol. The van der Waals surface area contributed by atoms with Crippen LogP contribution in [0.2, 0.25) is 0 Å². The van der Waals surface area contributed by atoms with Crippen molar-refractivity contribution in [1.29, 1.82) is 0 Å². The van der Waals surface area contributed by atoms with E-state index in [1.165, 1.54) is 21.2 Å². The molecule has 2 aliphatic heterocycles. The van der Waals surface area contributed by atoms with Crippen molar-refractivity contribution >= 4 is 22.7 Å². The van der Waals surface area contributed by atoms with Gasteiger partial charge in [-0.3, -0.25) is 9.80 Å². The van der Waals surface area contributed by atoms with Gasteiger partial charge in [-0.05, 0) is 32.0 Å². The fourth-order valence-electron chi connectivity index (χ4n) is 3.94. The van der Waals surface area contributed by atoms with Crippen LogP contribution < -0.4 is 0 Å². The smallest absolute Gasteiger partial charge is 0.107 e. The van der Waals surface area contributed by atoms with Crippen LogP contribution in [0.4, 0.5) is 0 Å². The van der Waals surface area contributed by atoms with Gasteiger partial charge in [-0.15, -0.1) is 22.7 Å². The van der Waals surface area contributed by atoms with Crippen LogP contribution in [0, 0.1) is 12.3 Å². The Hall–Kier alpha value is -0.790. The van der Waals surface area contributed by atoms with Gasteiger partial charge in [0, 0.05) is 52.9 Å². The van der Waals surface area contributed by atoms with Crippen LogP contribution in [-0.4, -0.2) is 54.2 Å². The van der Waals surface area contributed by atoms with Crippen LogP contribution in [0.5, 0.6) is 0 Å². The molecule has 2 saturated heterocycles. The summed E-state index contributed by atoms with van der Waals surface area (Å²) in [5, 5.41) is 3.30. The van der Waals surface area contributed by atoms with E-state index in [1.54, 1.807) is 11.3 Å². The Balaban J connectivity index is 1.40. The molecular formula is C18H25N3OS2. The summed E-state index contributed by atoms with van der Waals surface area (Å²) in [6, 6.07) is 4.51. The SMILES string of the molecule is Cc1ccc(CN2CCOC[C@]3(CCN(Cc4nccs4)C3)C2)s1. The Morgan fingerprint density at radius 1 is 1.21 bits per heavy atom. The number of aromatic nitrogens is 1. The summed E-state index contributed by atoms with van der Waals surface area (Å²) in [7, 11) is 0. The third-order valence-electron chi connectivity index (χ3n) is 5.05. The Bertz CT molecular complexity index is 657. The predicted octanol–water partition coefficient (Wildman–Crippen LogP) is 3.24. The first-order chi connectivity index (χ1) is 11.7. The van der Waals surface area contributed by atoms with Crippen molar-refractivity contribution < 1.29 is 4.74 Å². The van der Waals surface area contributed by atoms with Gasteiger partial charge in [-0.25, -0.2) is 4.98 Å². The second kappa shape index (κ2) is 7.22. The van der Waals surface area contributed by atoms with Crippen molar-refractivity contribution in [2.75, 3.05) is 39.4 Å². The normalized spacial score (nSPS) is 26.2. The molecule has 2 aromatic rings. The van der Waals surface area contributed by atoms with E-state index in [2.05, 4.69) is 39.2 Å². The molecule has 24 heavy (non-hydrogen) atoms. The Morgan fingerprint density at radius 2 is 2.08 bits per heavy atom. The topological polar surface area (TPSA) is 28.6 Å². The molecule has 2 aliphatic rings. The average Bonchev–Trinajstić information content (AvgIpc) is 3.25. The van der Waals surface area contributed by atoms with E-state index < -0.39 is 0 Å². The highest BCUT2D eigenvalue weighted by Gasteiger charge is 2.41. The minimum atomic E-state index is 0.292. The highest BCUT2D eigenvalue weighted by molar-refractivity contribution is 7.11. The monoisotopic (exact) mass is 363 g/mol. The van der Waals surface area contributed by atoms with Gasteiger partial charge in [0.25, 0.3) is 0 Å². The number of thiophene rings is 1. The number of ether oxygens (including phenoxy) is 1. The molecule has 130 valence electrons. The van der Waals surface area contributed by atoms with Gasteiger partial charge in [-0.2, -0.15) is 0 Å². The summed E-state index contributed by atoms with van der Waals surface area (Å²) in [5.74, 6) is 0. The molecule has 0 aromatic carbocycles. The molecule has 4 nitrogen and oxygen atoms in total. The zero-order valence-electron chi connectivity index (χ0n) is 14.2. The van der Waals surface area contributed by atoms with Crippen LogP contribution in [0.3, 0.4) is 0 Å². The third-order valence-corrected chi connectivity index (χ3v) is 6.80. The van der Waals surface area contributed by atoms with Crippen molar-refractivity contribution in [1.82, 2.24) is 14.8 Å². The summed E-state index contributed by atoms with van der Waals surface area (Å²) in [6.45, 7) is 10.5. The molecule has 0 N–H and O–H groups in total. The molecule has 6 heteroatoms. The van der Waals surface area contributed by atoms with Gasteiger partial charge in [0.15, 0.2) is 0 Å². The molecule has 4 rings (SSSR count). The molecule has 0 radical (unpaired) electrons. The lowest BCUT2D eigenvalue weighted by molar-refractivity contribution is 0.0706. The lowest BCUT2D eigenvalue weighted by Crippen LogP contribution is -2.40. The van der Waals surface area contributed by atoms with Gasteiger partial charge in [0.2, 0.25) is 0 Å². The molecule has 0 amide bonds. The zero-order chi connectivity index (χ0) is 16.4. The van der Waals surface area contributed by atoms with E-state index >= 15 is 0 Å². The molecule has 2 fully saturated rings. The number of thiazole rings is 1. The zero-order valence-corrected chi connectivity index (χ0v) is 15.9. The van der Waals surface area contributed by atoms with Crippen LogP contribution >= 0.6 is 22.7 Å². The van der Waals surface area contributed by atoms with Crippen molar-refractivity contribution in [2.24, 2.45) is 5.41 Å². The molecule has 0 saturated carbocycles. The van der Waals surface area contributed by atoms with Crippen molar-refractivity contribution in [3.05, 3.63) is 38.5 Å². The maximum Gasteiger partial charge on any atom is 0.107 e. The molecule has 4 heterocycles. The lowest BCUT2D eigenvalue weighted by Gasteiger charge is -2.31. The standard InChI is InChI=1S/C18H25N3OS2/c1-15-2-3-16(24-15)10-21-7-8-22-14-18(13-21)4-6-20(12-18)11-17-19-5-9-23-17/h2-3,5,9H,4,6-8,10-14H2,1H3/t18-/m0/s1. The summed E-state index contributed by atoms with van der Waals surface area (Å²) in [4.78, 5) is 12.5. The van der Waals surface area contributed by atoms with E-state index in [0.717, 1.165) is 52.5 Å². The Morgan fingerprint density at radius 3 is 2.83 bits per heavy atom. The summed E-state index contributed by atoms with van der Waals surface area (Å²) in [5.41, 5.74) is 0.292. The quantitative estimate of drug-likeness (QED) is 0.834. The van der Waals surface area contributed by atoms with Gasteiger partial charge in [0.05, 0.1) is 19.8 Å². The first-order valence-electron chi connectivity index (χ1n) is 8.67. The van der Waals surface area contributed by atoms with E-state index in [9.17, 15) is 0 Å². The van der Waals surface area contributed by atoms with E-state index in [0.29, 0.717) is 5.41 Å². The number of hydrogen-bond acceptors (Lipinski definition) is 6. The van der Waals surface area contributed by atoms with Crippen molar-refractivity contribution in [3.8, 4) is 0 Å². The minimum Gasteiger partial charge on any atom is -0.379 e. The molecule has 1 atom stereocenters. The maximum absolute atomic E-state index is 6.01. The van der Waals surface area contributed by atoms with Crippen LogP contribution in [0.1, 0.15) is 21.2 Å². The largest absolute Gasteiger partial charge is 0.379 e. The van der Waals surface area contributed by atoms with Gasteiger partial charge in [-0.1, -0.05) is 0 Å². The molecule has 1 spiro atoms. The second-order valence-corrected chi connectivity index (χ2v) is 9.51. The Labute approximate surface area is 152 Å². The second-order valence-electron chi connectivity index (χ2n) is 7.16. The number of rotatable bonds is 4. The summed E-state index contributed by atoms with van der Waals surface area (Å²) < 4.78 is 6.01. The molecule has 0 bridgehead atoms. The van der Waals surface area contributed by atoms with Gasteiger partial charge >= 0.3 is 0 Å². The molecule has 0 aliphatic carbocycles. The van der Waals surface area contributed by atoms with Crippen molar-refractivity contribution in [3.63, 3.8) is 0 Å². The maximum atomic E-state index is 6.01. The van der Waals surface area contributed by atoms with Crippen molar-refractivity contribution in [2.45, 2.75) is 26.4 Å². The fourth-order valence-corrected chi connectivity index (χ4v) is 5.53. The van der Waals surface area contributed by atoms with Gasteiger partial charge < -0.3 is 4.74 Å². The summed E-state index contributed by atoms with van der Waals surface area (Å²) in [6.07, 6.45) is 3.14. The van der Waals surface area contributed by atoms with E-state index in [-0.39, 0.29) is 0 Å². The first-order valence-corrected chi connectivity index (χ1v) is 10.4. The molecule has 0 unspecified atom stereocenters. The number of nitrogens with zero attached hydrogens (tertiary/aromatic N) is 3. The fraction of sp³-hybridized carbons (Fsp3) is 0.611. The number of aryl methyl sites for hydroxylation is 1.